The fourth-order valence-corrected chi connectivity index (χ4v) is 3.39. The molecule has 0 atom stereocenters. The molecular weight excluding hydrogens is 424 g/mol. The number of carbonyl (C=O) groups is 2. The van der Waals surface area contributed by atoms with E-state index in [1.165, 1.54) is 17.0 Å². The number of benzene rings is 1. The number of ether oxygens (including phenoxy) is 1. The zero-order valence-electron chi connectivity index (χ0n) is 17.7. The van der Waals surface area contributed by atoms with Crippen molar-refractivity contribution in [3.63, 3.8) is 0 Å². The third-order valence-electron chi connectivity index (χ3n) is 4.83. The van der Waals surface area contributed by atoms with Crippen LogP contribution in [0.2, 0.25) is 5.02 Å². The lowest BCUT2D eigenvalue weighted by molar-refractivity contribution is -0.132. The molecule has 2 aromatic heterocycles. The second-order valence-corrected chi connectivity index (χ2v) is 7.24. The average Bonchev–Trinajstić information content (AvgIpc) is 3.08. The third-order valence-corrected chi connectivity index (χ3v) is 5.13. The second kappa shape index (κ2) is 9.22. The Hall–Kier alpha value is -3.33. The number of likely N-dealkylation sites (N-methyl/N-ethyl adjacent to an activating group) is 1. The standard InChI is InChI=1S/C21H23ClN4O5/c1-5-26(6-2)16(27)10-30-15-8-7-13(9-14(15)22)24-19(28)17-12(3)31-20-18(17)21(29)25(4)11-23-20/h7-9,11H,5-6,10H2,1-4H3,(H,24,28). The van der Waals surface area contributed by atoms with Gasteiger partial charge >= 0.3 is 0 Å². The summed E-state index contributed by atoms with van der Waals surface area (Å²) in [5.41, 5.74) is 0.230. The summed E-state index contributed by atoms with van der Waals surface area (Å²) in [6.45, 7) is 6.43. The van der Waals surface area contributed by atoms with Crippen LogP contribution in [0.25, 0.3) is 11.1 Å². The van der Waals surface area contributed by atoms with Crippen LogP contribution in [-0.4, -0.2) is 46.0 Å². The molecule has 3 aromatic rings. The first kappa shape index (κ1) is 22.4. The Morgan fingerprint density at radius 2 is 2.00 bits per heavy atom. The summed E-state index contributed by atoms with van der Waals surface area (Å²) in [5, 5.41) is 3.05. The van der Waals surface area contributed by atoms with Crippen LogP contribution >= 0.6 is 11.6 Å². The zero-order valence-corrected chi connectivity index (χ0v) is 18.4. The third kappa shape index (κ3) is 4.56. The van der Waals surface area contributed by atoms with Gasteiger partial charge in [0.1, 0.15) is 23.2 Å². The maximum atomic E-state index is 12.9. The largest absolute Gasteiger partial charge is 0.482 e. The molecule has 0 saturated carbocycles. The Bertz CT molecular complexity index is 1200. The summed E-state index contributed by atoms with van der Waals surface area (Å²) in [5.74, 6) is -0.0637. The number of hydrogen-bond donors (Lipinski definition) is 1. The number of nitrogens with zero attached hydrogens (tertiary/aromatic N) is 3. The minimum Gasteiger partial charge on any atom is -0.482 e. The molecule has 2 heterocycles. The number of anilines is 1. The van der Waals surface area contributed by atoms with Crippen molar-refractivity contribution in [2.24, 2.45) is 7.05 Å². The number of fused-ring (bicyclic) bond motifs is 1. The molecule has 10 heteroatoms. The van der Waals surface area contributed by atoms with Crippen LogP contribution in [0.1, 0.15) is 30.0 Å². The molecule has 0 unspecified atom stereocenters. The number of rotatable bonds is 7. The van der Waals surface area contributed by atoms with Gasteiger partial charge in [0.25, 0.3) is 17.4 Å². The van der Waals surface area contributed by atoms with Crippen molar-refractivity contribution in [3.8, 4) is 5.75 Å². The number of hydrogen-bond acceptors (Lipinski definition) is 6. The first-order valence-electron chi connectivity index (χ1n) is 9.73. The van der Waals surface area contributed by atoms with Crippen molar-refractivity contribution in [2.45, 2.75) is 20.8 Å². The van der Waals surface area contributed by atoms with E-state index in [1.54, 1.807) is 31.0 Å². The molecule has 31 heavy (non-hydrogen) atoms. The van der Waals surface area contributed by atoms with Gasteiger partial charge in [-0.1, -0.05) is 11.6 Å². The highest BCUT2D eigenvalue weighted by molar-refractivity contribution is 6.32. The summed E-state index contributed by atoms with van der Waals surface area (Å²) >= 11 is 6.26. The Kier molecular flexibility index (Phi) is 6.65. The van der Waals surface area contributed by atoms with Crippen LogP contribution in [0.4, 0.5) is 5.69 Å². The van der Waals surface area contributed by atoms with E-state index in [9.17, 15) is 14.4 Å². The molecule has 2 amide bonds. The topological polar surface area (TPSA) is 107 Å². The van der Waals surface area contributed by atoms with E-state index >= 15 is 0 Å². The van der Waals surface area contributed by atoms with Crippen molar-refractivity contribution in [3.05, 3.63) is 51.2 Å². The minimum absolute atomic E-state index is 0.102. The normalized spacial score (nSPS) is 10.9. The summed E-state index contributed by atoms with van der Waals surface area (Å²) in [6, 6.07) is 4.66. The highest BCUT2D eigenvalue weighted by Gasteiger charge is 2.23. The lowest BCUT2D eigenvalue weighted by Crippen LogP contribution is -2.34. The lowest BCUT2D eigenvalue weighted by atomic mass is 10.1. The average molecular weight is 447 g/mol. The highest BCUT2D eigenvalue weighted by atomic mass is 35.5. The second-order valence-electron chi connectivity index (χ2n) is 6.83. The monoisotopic (exact) mass is 446 g/mol. The predicted octanol–water partition coefficient (Wildman–Crippen LogP) is 2.99. The number of halogens is 1. The summed E-state index contributed by atoms with van der Waals surface area (Å²) < 4.78 is 12.3. The molecule has 0 aliphatic rings. The first-order valence-corrected chi connectivity index (χ1v) is 10.1. The van der Waals surface area contributed by atoms with E-state index in [-0.39, 0.29) is 45.5 Å². The van der Waals surface area contributed by atoms with Gasteiger partial charge in [0.05, 0.1) is 10.6 Å². The number of amides is 2. The lowest BCUT2D eigenvalue weighted by Gasteiger charge is -2.19. The van der Waals surface area contributed by atoms with Crippen LogP contribution in [0, 0.1) is 6.92 Å². The quantitative estimate of drug-likeness (QED) is 0.598. The van der Waals surface area contributed by atoms with Gasteiger partial charge < -0.3 is 23.9 Å². The van der Waals surface area contributed by atoms with Crippen molar-refractivity contribution in [1.29, 1.82) is 0 Å². The predicted molar refractivity (Wildman–Crippen MR) is 117 cm³/mol. The van der Waals surface area contributed by atoms with Crippen LogP contribution in [0.5, 0.6) is 5.75 Å². The minimum atomic E-state index is -0.525. The van der Waals surface area contributed by atoms with Crippen LogP contribution in [-0.2, 0) is 11.8 Å². The van der Waals surface area contributed by atoms with Crippen LogP contribution in [0.3, 0.4) is 0 Å². The molecule has 0 saturated heterocycles. The van der Waals surface area contributed by atoms with Crippen LogP contribution in [0.15, 0.2) is 33.7 Å². The molecule has 9 nitrogen and oxygen atoms in total. The van der Waals surface area contributed by atoms with Crippen molar-refractivity contribution < 1.29 is 18.7 Å². The maximum absolute atomic E-state index is 12.9. The molecule has 1 aromatic carbocycles. The molecular formula is C21H23ClN4O5. The SMILES string of the molecule is CCN(CC)C(=O)COc1ccc(NC(=O)c2c(C)oc3ncn(C)c(=O)c23)cc1Cl. The van der Waals surface area contributed by atoms with Gasteiger partial charge in [-0.2, -0.15) is 0 Å². The van der Waals surface area contributed by atoms with Gasteiger partial charge in [-0.3, -0.25) is 14.4 Å². The van der Waals surface area contributed by atoms with E-state index in [0.29, 0.717) is 24.5 Å². The summed E-state index contributed by atoms with van der Waals surface area (Å²) in [7, 11) is 1.54. The Morgan fingerprint density at radius 3 is 2.65 bits per heavy atom. The number of nitrogens with one attached hydrogen (secondary N) is 1. The number of aromatic nitrogens is 2. The molecule has 0 fully saturated rings. The molecule has 0 aliphatic heterocycles. The molecule has 0 spiro atoms. The first-order chi connectivity index (χ1) is 14.8. The fraction of sp³-hybridized carbons (Fsp3) is 0.333. The number of furan rings is 1. The zero-order chi connectivity index (χ0) is 22.7. The maximum Gasteiger partial charge on any atom is 0.265 e. The molecule has 1 N–H and O–H groups in total. The highest BCUT2D eigenvalue weighted by Crippen LogP contribution is 2.29. The summed E-state index contributed by atoms with van der Waals surface area (Å²) in [4.78, 5) is 43.1. The Labute approximate surface area is 183 Å². The van der Waals surface area contributed by atoms with E-state index in [1.807, 2.05) is 13.8 Å². The Morgan fingerprint density at radius 1 is 1.29 bits per heavy atom. The smallest absolute Gasteiger partial charge is 0.265 e. The number of aryl methyl sites for hydroxylation is 2. The van der Waals surface area contributed by atoms with Gasteiger partial charge in [-0.25, -0.2) is 4.98 Å². The number of carbonyl (C=O) groups excluding carboxylic acids is 2. The van der Waals surface area contributed by atoms with Crippen molar-refractivity contribution in [2.75, 3.05) is 25.0 Å². The molecule has 164 valence electrons. The molecule has 0 aliphatic carbocycles. The molecule has 3 rings (SSSR count). The molecule has 0 radical (unpaired) electrons. The van der Waals surface area contributed by atoms with E-state index in [2.05, 4.69) is 10.3 Å². The van der Waals surface area contributed by atoms with Crippen LogP contribution < -0.4 is 15.6 Å². The van der Waals surface area contributed by atoms with Gasteiger partial charge in [-0.15, -0.1) is 0 Å². The van der Waals surface area contributed by atoms with Gasteiger partial charge in [-0.05, 0) is 39.0 Å². The fourth-order valence-electron chi connectivity index (χ4n) is 3.16. The van der Waals surface area contributed by atoms with Crippen molar-refractivity contribution >= 4 is 40.2 Å². The van der Waals surface area contributed by atoms with Gasteiger partial charge in [0, 0.05) is 25.8 Å². The van der Waals surface area contributed by atoms with E-state index in [0.717, 1.165) is 0 Å². The van der Waals surface area contributed by atoms with Crippen molar-refractivity contribution in [1.82, 2.24) is 14.5 Å². The van der Waals surface area contributed by atoms with Gasteiger partial charge in [0.2, 0.25) is 5.71 Å². The van der Waals surface area contributed by atoms with E-state index < -0.39 is 5.91 Å². The van der Waals surface area contributed by atoms with Gasteiger partial charge in [0.15, 0.2) is 6.61 Å². The summed E-state index contributed by atoms with van der Waals surface area (Å²) in [6.07, 6.45) is 1.33. The molecule has 0 bridgehead atoms. The Balaban J connectivity index is 1.78. The van der Waals surface area contributed by atoms with E-state index in [4.69, 9.17) is 20.8 Å².